The summed E-state index contributed by atoms with van der Waals surface area (Å²) in [5, 5.41) is 17.9. The number of nitrogens with zero attached hydrogens (tertiary/aromatic N) is 2. The Morgan fingerprint density at radius 2 is 1.67 bits per heavy atom. The van der Waals surface area contributed by atoms with Crippen LogP contribution in [0.25, 0.3) is 5.76 Å². The van der Waals surface area contributed by atoms with Gasteiger partial charge < -0.3 is 9.84 Å². The lowest BCUT2D eigenvalue weighted by molar-refractivity contribution is -0.274. The standard InChI is InChI=1S/C15H8F6N2O3S/c16-14(17,18)13(25)11(12(24)10-2-1-7-27-10)23-22-8-3-5-9(6-4-8)26-15(19,20)21/h1-7,24H. The third-order valence-electron chi connectivity index (χ3n) is 2.79. The van der Waals surface area contributed by atoms with Gasteiger partial charge in [-0.25, -0.2) is 0 Å². The topological polar surface area (TPSA) is 71.2 Å². The average Bonchev–Trinajstić information content (AvgIpc) is 3.08. The average molecular weight is 410 g/mol. The Kier molecular flexibility index (Phi) is 5.88. The summed E-state index contributed by atoms with van der Waals surface area (Å²) in [5.74, 6) is -4.02. The number of halogens is 6. The number of aliphatic hydroxyl groups excluding tert-OH is 1. The van der Waals surface area contributed by atoms with Crippen molar-refractivity contribution in [1.82, 2.24) is 0 Å². The van der Waals surface area contributed by atoms with Crippen molar-refractivity contribution < 1.29 is 41.0 Å². The van der Waals surface area contributed by atoms with E-state index in [9.17, 15) is 36.2 Å². The highest BCUT2D eigenvalue weighted by Gasteiger charge is 2.43. The van der Waals surface area contributed by atoms with Crippen LogP contribution in [0.1, 0.15) is 4.88 Å². The van der Waals surface area contributed by atoms with E-state index >= 15 is 0 Å². The smallest absolute Gasteiger partial charge is 0.504 e. The van der Waals surface area contributed by atoms with Gasteiger partial charge in [0.15, 0.2) is 11.5 Å². The number of azo groups is 1. The van der Waals surface area contributed by atoms with Gasteiger partial charge in [0.2, 0.25) is 0 Å². The van der Waals surface area contributed by atoms with Crippen molar-refractivity contribution in [2.75, 3.05) is 0 Å². The molecule has 12 heteroatoms. The molecule has 1 N–H and O–H groups in total. The lowest BCUT2D eigenvalue weighted by Crippen LogP contribution is -2.24. The number of carbonyl (C=O) groups is 1. The lowest BCUT2D eigenvalue weighted by atomic mass is 10.2. The number of Topliss-reactive ketones (excluding diaryl/α,β-unsaturated/α-hetero) is 1. The molecule has 0 atom stereocenters. The van der Waals surface area contributed by atoms with Crippen molar-refractivity contribution in [2.24, 2.45) is 10.2 Å². The van der Waals surface area contributed by atoms with E-state index in [2.05, 4.69) is 15.0 Å². The van der Waals surface area contributed by atoms with Gasteiger partial charge in [0.1, 0.15) is 5.75 Å². The number of allylic oxidation sites excluding steroid dienone is 1. The molecule has 1 aromatic heterocycles. The number of hydrogen-bond donors (Lipinski definition) is 1. The van der Waals surface area contributed by atoms with E-state index in [0.29, 0.717) is 0 Å². The minimum absolute atomic E-state index is 0.0459. The molecule has 0 aliphatic rings. The largest absolute Gasteiger partial charge is 0.573 e. The van der Waals surface area contributed by atoms with Crippen LogP contribution in [-0.2, 0) is 4.79 Å². The third kappa shape index (κ3) is 5.81. The van der Waals surface area contributed by atoms with Crippen molar-refractivity contribution in [3.05, 3.63) is 52.4 Å². The molecular formula is C15H8F6N2O3S. The second-order valence-electron chi connectivity index (χ2n) is 4.74. The van der Waals surface area contributed by atoms with Crippen LogP contribution in [0.3, 0.4) is 0 Å². The zero-order valence-corrected chi connectivity index (χ0v) is 13.7. The van der Waals surface area contributed by atoms with Gasteiger partial charge in [-0.3, -0.25) is 4.79 Å². The number of alkyl halides is 6. The molecule has 0 aliphatic heterocycles. The van der Waals surface area contributed by atoms with Gasteiger partial charge in [-0.1, -0.05) is 6.07 Å². The molecule has 0 amide bonds. The number of aliphatic hydroxyl groups is 1. The normalized spacial score (nSPS) is 13.6. The quantitative estimate of drug-likeness (QED) is 0.294. The molecule has 0 saturated carbocycles. The van der Waals surface area contributed by atoms with Crippen LogP contribution in [0.4, 0.5) is 32.0 Å². The minimum atomic E-state index is -5.32. The monoisotopic (exact) mass is 410 g/mol. The Balaban J connectivity index is 2.33. The van der Waals surface area contributed by atoms with Gasteiger partial charge in [-0.2, -0.15) is 18.3 Å². The summed E-state index contributed by atoms with van der Waals surface area (Å²) in [6.45, 7) is 0. The molecule has 0 aliphatic carbocycles. The Morgan fingerprint density at radius 1 is 1.04 bits per heavy atom. The molecule has 0 unspecified atom stereocenters. The molecule has 0 spiro atoms. The minimum Gasteiger partial charge on any atom is -0.504 e. The Hall–Kier alpha value is -2.89. The van der Waals surface area contributed by atoms with Gasteiger partial charge in [-0.15, -0.1) is 29.6 Å². The van der Waals surface area contributed by atoms with E-state index in [4.69, 9.17) is 0 Å². The van der Waals surface area contributed by atoms with Gasteiger partial charge in [-0.05, 0) is 35.7 Å². The van der Waals surface area contributed by atoms with Gasteiger partial charge in [0.05, 0.1) is 10.6 Å². The highest BCUT2D eigenvalue weighted by atomic mass is 32.1. The highest BCUT2D eigenvalue weighted by Crippen LogP contribution is 2.30. The predicted molar refractivity (Wildman–Crippen MR) is 82.6 cm³/mol. The van der Waals surface area contributed by atoms with Crippen molar-refractivity contribution in [2.45, 2.75) is 12.5 Å². The molecule has 144 valence electrons. The number of carbonyl (C=O) groups excluding carboxylic acids is 1. The van der Waals surface area contributed by atoms with Crippen LogP contribution in [0.15, 0.2) is 57.7 Å². The fraction of sp³-hybridized carbons (Fsp3) is 0.133. The predicted octanol–water partition coefficient (Wildman–Crippen LogP) is 5.79. The van der Waals surface area contributed by atoms with Crippen LogP contribution in [-0.4, -0.2) is 23.4 Å². The van der Waals surface area contributed by atoms with Gasteiger partial charge in [0, 0.05) is 0 Å². The summed E-state index contributed by atoms with van der Waals surface area (Å²) >= 11 is 0.864. The van der Waals surface area contributed by atoms with Crippen LogP contribution in [0.2, 0.25) is 0 Å². The molecule has 0 bridgehead atoms. The molecule has 2 rings (SSSR count). The molecule has 0 radical (unpaired) electrons. The summed E-state index contributed by atoms with van der Waals surface area (Å²) in [6.07, 6.45) is -10.2. The highest BCUT2D eigenvalue weighted by molar-refractivity contribution is 7.11. The summed E-state index contributed by atoms with van der Waals surface area (Å²) in [4.78, 5) is 11.5. The molecule has 1 heterocycles. The van der Waals surface area contributed by atoms with E-state index in [1.165, 1.54) is 17.5 Å². The van der Waals surface area contributed by atoms with Crippen LogP contribution in [0.5, 0.6) is 5.75 Å². The molecule has 5 nitrogen and oxygen atoms in total. The van der Waals surface area contributed by atoms with E-state index in [1.54, 1.807) is 0 Å². The zero-order valence-electron chi connectivity index (χ0n) is 12.9. The van der Waals surface area contributed by atoms with E-state index in [-0.39, 0.29) is 10.6 Å². The van der Waals surface area contributed by atoms with E-state index in [1.807, 2.05) is 0 Å². The van der Waals surface area contributed by atoms with E-state index in [0.717, 1.165) is 35.6 Å². The Bertz CT molecular complexity index is 855. The molecular weight excluding hydrogens is 402 g/mol. The molecule has 27 heavy (non-hydrogen) atoms. The first-order valence-electron chi connectivity index (χ1n) is 6.83. The van der Waals surface area contributed by atoms with Gasteiger partial charge in [0.25, 0.3) is 5.78 Å². The maximum atomic E-state index is 12.7. The SMILES string of the molecule is O=C(C(N=Nc1ccc(OC(F)(F)F)cc1)=C(O)c1cccs1)C(F)(F)F. The second kappa shape index (κ2) is 7.78. The summed E-state index contributed by atoms with van der Waals surface area (Å²) < 4.78 is 78.0. The Morgan fingerprint density at radius 3 is 2.15 bits per heavy atom. The maximum Gasteiger partial charge on any atom is 0.573 e. The van der Waals surface area contributed by atoms with Gasteiger partial charge >= 0.3 is 12.5 Å². The first kappa shape index (κ1) is 20.4. The lowest BCUT2D eigenvalue weighted by Gasteiger charge is -2.08. The molecule has 1 aromatic carbocycles. The van der Waals surface area contributed by atoms with Crippen LogP contribution >= 0.6 is 11.3 Å². The number of ketones is 1. The van der Waals surface area contributed by atoms with Crippen LogP contribution in [0, 0.1) is 0 Å². The van der Waals surface area contributed by atoms with Crippen molar-refractivity contribution >= 4 is 28.6 Å². The number of thiophene rings is 1. The fourth-order valence-corrected chi connectivity index (χ4v) is 2.36. The second-order valence-corrected chi connectivity index (χ2v) is 5.69. The molecule has 2 aromatic rings. The summed E-state index contributed by atoms with van der Waals surface area (Å²) in [7, 11) is 0. The first-order valence-corrected chi connectivity index (χ1v) is 7.71. The van der Waals surface area contributed by atoms with E-state index < -0.39 is 35.5 Å². The summed E-state index contributed by atoms with van der Waals surface area (Å²) in [6, 6.07) is 6.36. The maximum absolute atomic E-state index is 12.7. The molecule has 0 saturated heterocycles. The summed E-state index contributed by atoms with van der Waals surface area (Å²) in [5.41, 5.74) is -1.52. The Labute approximate surface area is 151 Å². The fourth-order valence-electron chi connectivity index (χ4n) is 1.69. The van der Waals surface area contributed by atoms with Crippen molar-refractivity contribution in [3.63, 3.8) is 0 Å². The number of hydrogen-bond acceptors (Lipinski definition) is 6. The molecule has 0 fully saturated rings. The number of benzene rings is 1. The zero-order chi connectivity index (χ0) is 20.2. The van der Waals surface area contributed by atoms with Crippen molar-refractivity contribution in [1.29, 1.82) is 0 Å². The van der Waals surface area contributed by atoms with Crippen LogP contribution < -0.4 is 4.74 Å². The third-order valence-corrected chi connectivity index (χ3v) is 3.66. The first-order chi connectivity index (χ1) is 12.5. The number of ether oxygens (including phenoxy) is 1. The van der Waals surface area contributed by atoms with Crippen molar-refractivity contribution in [3.8, 4) is 5.75 Å². The number of rotatable bonds is 5.